The number of hydrogen-bond acceptors (Lipinski definition) is 0. The molecule has 0 aromatic rings. The lowest BCUT2D eigenvalue weighted by atomic mass is 10.1. The summed E-state index contributed by atoms with van der Waals surface area (Å²) in [5.41, 5.74) is 0. The van der Waals surface area contributed by atoms with Gasteiger partial charge in [0.15, 0.2) is 0 Å². The van der Waals surface area contributed by atoms with E-state index in [0.29, 0.717) is 0 Å². The predicted molar refractivity (Wildman–Crippen MR) is 44.2 cm³/mol. The molecule has 1 heterocycles. The van der Waals surface area contributed by atoms with Gasteiger partial charge in [-0.15, -0.1) is 0 Å². The van der Waals surface area contributed by atoms with Gasteiger partial charge < -0.3 is 0 Å². The molecular weight excluding hydrogens is 123 g/mol. The summed E-state index contributed by atoms with van der Waals surface area (Å²) in [5.74, 6) is 1.14. The first kappa shape index (κ1) is 7.64. The second-order valence-corrected chi connectivity index (χ2v) is 6.96. The zero-order valence-corrected chi connectivity index (χ0v) is 7.84. The van der Waals surface area contributed by atoms with E-state index >= 15 is 0 Å². The fourth-order valence-corrected chi connectivity index (χ4v) is 5.35. The molecule has 0 spiro atoms. The van der Waals surface area contributed by atoms with Crippen molar-refractivity contribution in [2.75, 3.05) is 0 Å². The van der Waals surface area contributed by atoms with Crippen LogP contribution in [0.15, 0.2) is 0 Å². The Kier molecular flexibility index (Phi) is 3.09. The third-order valence-electron chi connectivity index (χ3n) is 2.80. The topological polar surface area (TPSA) is 0 Å². The van der Waals surface area contributed by atoms with Crippen LogP contribution in [-0.4, -0.2) is 14.1 Å². The first-order valence-corrected chi connectivity index (χ1v) is 6.81. The van der Waals surface area contributed by atoms with Crippen LogP contribution >= 0.6 is 0 Å². The monoisotopic (exact) mass is 140 g/mol. The molecule has 9 heavy (non-hydrogen) atoms. The van der Waals surface area contributed by atoms with Crippen LogP contribution in [0.3, 0.4) is 0 Å². The first-order chi connectivity index (χ1) is 4.36. The Hall–Kier alpha value is 0.532. The van der Waals surface area contributed by atoms with Crippen molar-refractivity contribution in [3.63, 3.8) is 0 Å². The lowest BCUT2D eigenvalue weighted by Gasteiger charge is -2.02. The molecule has 1 heteroatoms. The summed E-state index contributed by atoms with van der Waals surface area (Å²) in [6.45, 7) is 4.73. The van der Waals surface area contributed by atoms with Gasteiger partial charge in [0.25, 0.3) is 14.1 Å². The fraction of sp³-hybridized carbons (Fsp3) is 1.00. The van der Waals surface area contributed by atoms with Crippen molar-refractivity contribution in [2.24, 2.45) is 5.92 Å². The Morgan fingerprint density at radius 1 is 1.44 bits per heavy atom. The average Bonchev–Trinajstić information content (AvgIpc) is 2.34. The van der Waals surface area contributed by atoms with Gasteiger partial charge in [-0.05, 0) is 0 Å². The SMILES string of the molecule is CCC1C[CH2][Al]([CH2]C)[CH2]1. The van der Waals surface area contributed by atoms with Crippen molar-refractivity contribution in [3.8, 4) is 0 Å². The molecule has 0 saturated carbocycles. The van der Waals surface area contributed by atoms with Gasteiger partial charge in [-0.25, -0.2) is 0 Å². The normalized spacial score (nSPS) is 27.3. The van der Waals surface area contributed by atoms with Gasteiger partial charge in [0, 0.05) is 0 Å². The summed E-state index contributed by atoms with van der Waals surface area (Å²) in [4.78, 5) is 0. The van der Waals surface area contributed by atoms with Crippen LogP contribution in [0.1, 0.15) is 26.7 Å². The van der Waals surface area contributed by atoms with Gasteiger partial charge in [-0.3, -0.25) is 0 Å². The molecule has 52 valence electrons. The van der Waals surface area contributed by atoms with Crippen molar-refractivity contribution in [1.82, 2.24) is 0 Å². The van der Waals surface area contributed by atoms with Crippen molar-refractivity contribution in [3.05, 3.63) is 0 Å². The molecule has 0 bridgehead atoms. The predicted octanol–water partition coefficient (Wildman–Crippen LogP) is 2.93. The highest BCUT2D eigenvalue weighted by Gasteiger charge is 2.26. The van der Waals surface area contributed by atoms with Gasteiger partial charge in [0.2, 0.25) is 0 Å². The molecule has 1 fully saturated rings. The minimum atomic E-state index is -0.136. The Bertz CT molecular complexity index is 70.6. The molecule has 1 saturated heterocycles. The van der Waals surface area contributed by atoms with Crippen LogP contribution in [-0.2, 0) is 0 Å². The third-order valence-corrected chi connectivity index (χ3v) is 6.44. The lowest BCUT2D eigenvalue weighted by Crippen LogP contribution is -2.03. The van der Waals surface area contributed by atoms with Crippen molar-refractivity contribution >= 4 is 14.1 Å². The van der Waals surface area contributed by atoms with Crippen LogP contribution in [0.4, 0.5) is 0 Å². The number of rotatable bonds is 2. The van der Waals surface area contributed by atoms with Crippen LogP contribution in [0, 0.1) is 5.92 Å². The van der Waals surface area contributed by atoms with Crippen molar-refractivity contribution in [2.45, 2.75) is 42.5 Å². The molecule has 1 aliphatic heterocycles. The van der Waals surface area contributed by atoms with Crippen molar-refractivity contribution in [1.29, 1.82) is 0 Å². The fourth-order valence-electron chi connectivity index (χ4n) is 1.92. The van der Waals surface area contributed by atoms with Gasteiger partial charge in [-0.1, -0.05) is 48.5 Å². The summed E-state index contributed by atoms with van der Waals surface area (Å²) < 4.78 is 0. The quantitative estimate of drug-likeness (QED) is 0.517. The Labute approximate surface area is 63.0 Å². The second kappa shape index (κ2) is 3.64. The standard InChI is InChI=1S/C6H12.C2H5.Al/c1-4-6(3)5-2;1-2;/h6H,1,3-5H2,2H3;1H2,2H3;. The van der Waals surface area contributed by atoms with Crippen LogP contribution in [0.25, 0.3) is 0 Å². The lowest BCUT2D eigenvalue weighted by molar-refractivity contribution is 0.569. The minimum Gasteiger partial charge on any atom is -0.0967 e. The summed E-state index contributed by atoms with van der Waals surface area (Å²) in [6.07, 6.45) is 3.02. The highest BCUT2D eigenvalue weighted by atomic mass is 27.2. The molecule has 1 unspecified atom stereocenters. The highest BCUT2D eigenvalue weighted by molar-refractivity contribution is 6.59. The zero-order chi connectivity index (χ0) is 6.69. The Morgan fingerprint density at radius 2 is 2.22 bits per heavy atom. The van der Waals surface area contributed by atoms with Gasteiger partial charge in [-0.2, -0.15) is 0 Å². The molecule has 0 aromatic carbocycles. The van der Waals surface area contributed by atoms with Crippen LogP contribution < -0.4 is 0 Å². The summed E-state index contributed by atoms with van der Waals surface area (Å²) in [6, 6.07) is 0. The molecule has 1 atom stereocenters. The molecule has 1 aliphatic rings. The maximum absolute atomic E-state index is 2.38. The highest BCUT2D eigenvalue weighted by Crippen LogP contribution is 2.30. The Morgan fingerprint density at radius 3 is 2.56 bits per heavy atom. The van der Waals surface area contributed by atoms with Gasteiger partial charge >= 0.3 is 0 Å². The van der Waals surface area contributed by atoms with Crippen molar-refractivity contribution < 1.29 is 0 Å². The molecule has 0 aliphatic carbocycles. The molecule has 0 aromatic heterocycles. The van der Waals surface area contributed by atoms with E-state index in [9.17, 15) is 0 Å². The molecule has 0 amide bonds. The second-order valence-electron chi connectivity index (χ2n) is 3.36. The summed E-state index contributed by atoms with van der Waals surface area (Å²) in [7, 11) is 0. The molecule has 0 radical (unpaired) electrons. The molecule has 0 N–H and O–H groups in total. The van der Waals surface area contributed by atoms with E-state index < -0.39 is 0 Å². The molecule has 1 rings (SSSR count). The van der Waals surface area contributed by atoms with E-state index in [-0.39, 0.29) is 14.1 Å². The minimum absolute atomic E-state index is 0.136. The third kappa shape index (κ3) is 1.99. The van der Waals surface area contributed by atoms with Gasteiger partial charge in [0.1, 0.15) is 0 Å². The van der Waals surface area contributed by atoms with E-state index in [1.165, 1.54) is 6.42 Å². The van der Waals surface area contributed by atoms with E-state index in [1.54, 1.807) is 22.3 Å². The van der Waals surface area contributed by atoms with E-state index in [1.807, 2.05) is 0 Å². The summed E-state index contributed by atoms with van der Waals surface area (Å²) >= 11 is -0.136. The van der Waals surface area contributed by atoms with E-state index in [4.69, 9.17) is 0 Å². The van der Waals surface area contributed by atoms with E-state index in [2.05, 4.69) is 13.8 Å². The summed E-state index contributed by atoms with van der Waals surface area (Å²) in [5, 5.41) is 4.86. The maximum Gasteiger partial charge on any atom is 0.261 e. The maximum atomic E-state index is 2.38. The molecular formula is C8H17Al. The zero-order valence-electron chi connectivity index (χ0n) is 6.69. The molecule has 0 nitrogen and oxygen atoms in total. The van der Waals surface area contributed by atoms with E-state index in [0.717, 1.165) is 5.92 Å². The van der Waals surface area contributed by atoms with Crippen LogP contribution in [0.5, 0.6) is 0 Å². The Balaban J connectivity index is 2.20. The largest absolute Gasteiger partial charge is 0.261 e. The smallest absolute Gasteiger partial charge is 0.0967 e. The average molecular weight is 140 g/mol. The van der Waals surface area contributed by atoms with Gasteiger partial charge in [0.05, 0.1) is 0 Å². The first-order valence-electron chi connectivity index (χ1n) is 4.36. The van der Waals surface area contributed by atoms with Crippen LogP contribution in [0.2, 0.25) is 15.8 Å². The number of hydrogen-bond donors (Lipinski definition) is 0.